The van der Waals surface area contributed by atoms with Crippen molar-refractivity contribution in [2.75, 3.05) is 13.2 Å². The highest BCUT2D eigenvalue weighted by atomic mass is 16.6. The maximum atomic E-state index is 11.3. The molecule has 0 fully saturated rings. The van der Waals surface area contributed by atoms with Crippen molar-refractivity contribution in [3.63, 3.8) is 0 Å². The molecule has 1 aromatic rings. The predicted octanol–water partition coefficient (Wildman–Crippen LogP) is 1.96. The molecule has 0 aliphatic rings. The quantitative estimate of drug-likeness (QED) is 0.657. The van der Waals surface area contributed by atoms with Crippen molar-refractivity contribution in [2.24, 2.45) is 0 Å². The average molecular weight is 255 g/mol. The van der Waals surface area contributed by atoms with E-state index in [4.69, 9.17) is 13.9 Å². The van der Waals surface area contributed by atoms with E-state index in [0.717, 1.165) is 0 Å². The summed E-state index contributed by atoms with van der Waals surface area (Å²) in [5.41, 5.74) is -0.547. The fourth-order valence-electron chi connectivity index (χ4n) is 1.08. The van der Waals surface area contributed by atoms with E-state index < -0.39 is 17.7 Å². The zero-order valence-electron chi connectivity index (χ0n) is 10.7. The van der Waals surface area contributed by atoms with Crippen LogP contribution in [0.4, 0.5) is 4.79 Å². The van der Waals surface area contributed by atoms with E-state index in [1.54, 1.807) is 26.8 Å². The molecule has 0 aliphatic carbocycles. The van der Waals surface area contributed by atoms with Crippen LogP contribution >= 0.6 is 0 Å². The van der Waals surface area contributed by atoms with E-state index in [1.165, 1.54) is 12.3 Å². The van der Waals surface area contributed by atoms with Gasteiger partial charge in [0.25, 0.3) is 0 Å². The van der Waals surface area contributed by atoms with Gasteiger partial charge in [0.15, 0.2) is 0 Å². The molecule has 0 unspecified atom stereocenters. The Labute approximate surface area is 105 Å². The van der Waals surface area contributed by atoms with Gasteiger partial charge in [0.2, 0.25) is 5.76 Å². The molecular weight excluding hydrogens is 238 g/mol. The van der Waals surface area contributed by atoms with Gasteiger partial charge >= 0.3 is 12.1 Å². The lowest BCUT2D eigenvalue weighted by Crippen LogP contribution is -2.34. The molecule has 1 rings (SSSR count). The van der Waals surface area contributed by atoms with Gasteiger partial charge in [-0.25, -0.2) is 9.59 Å². The maximum Gasteiger partial charge on any atom is 0.407 e. The van der Waals surface area contributed by atoms with Crippen molar-refractivity contribution in [1.82, 2.24) is 5.32 Å². The molecule has 0 atom stereocenters. The van der Waals surface area contributed by atoms with E-state index in [-0.39, 0.29) is 18.9 Å². The Morgan fingerprint density at radius 2 is 2.11 bits per heavy atom. The Morgan fingerprint density at radius 3 is 2.67 bits per heavy atom. The molecular formula is C12H17NO5. The van der Waals surface area contributed by atoms with Crippen LogP contribution in [-0.2, 0) is 9.47 Å². The number of hydrogen-bond donors (Lipinski definition) is 1. The second kappa shape index (κ2) is 6.09. The summed E-state index contributed by atoms with van der Waals surface area (Å²) in [7, 11) is 0. The number of ether oxygens (including phenoxy) is 2. The molecule has 0 radical (unpaired) electrons. The second-order valence-corrected chi connectivity index (χ2v) is 4.54. The third kappa shape index (κ3) is 5.38. The van der Waals surface area contributed by atoms with Gasteiger partial charge in [-0.1, -0.05) is 0 Å². The lowest BCUT2D eigenvalue weighted by molar-refractivity contribution is 0.0413. The van der Waals surface area contributed by atoms with E-state index in [0.29, 0.717) is 0 Å². The van der Waals surface area contributed by atoms with E-state index in [1.807, 2.05) is 0 Å². The standard InChI is InChI=1S/C12H17NO5/c1-12(2,3)18-11(15)13-6-8-17-10(14)9-5-4-7-16-9/h4-5,7H,6,8H2,1-3H3,(H,13,15). The molecule has 0 saturated carbocycles. The molecule has 0 spiro atoms. The van der Waals surface area contributed by atoms with E-state index in [2.05, 4.69) is 5.32 Å². The number of carbonyl (C=O) groups excluding carboxylic acids is 2. The van der Waals surface area contributed by atoms with Gasteiger partial charge in [-0.05, 0) is 32.9 Å². The van der Waals surface area contributed by atoms with Crippen molar-refractivity contribution in [2.45, 2.75) is 26.4 Å². The van der Waals surface area contributed by atoms with Crippen LogP contribution in [0.5, 0.6) is 0 Å². The second-order valence-electron chi connectivity index (χ2n) is 4.54. The van der Waals surface area contributed by atoms with Gasteiger partial charge in [0.1, 0.15) is 12.2 Å². The Balaban J connectivity index is 2.16. The molecule has 0 aromatic carbocycles. The molecule has 6 heteroatoms. The molecule has 0 bridgehead atoms. The van der Waals surface area contributed by atoms with Crippen molar-refractivity contribution in [3.05, 3.63) is 24.2 Å². The van der Waals surface area contributed by atoms with Crippen molar-refractivity contribution >= 4 is 12.1 Å². The van der Waals surface area contributed by atoms with E-state index in [9.17, 15) is 9.59 Å². The van der Waals surface area contributed by atoms with Crippen LogP contribution in [0.25, 0.3) is 0 Å². The number of hydrogen-bond acceptors (Lipinski definition) is 5. The van der Waals surface area contributed by atoms with Gasteiger partial charge in [-0.3, -0.25) is 0 Å². The first-order chi connectivity index (χ1) is 8.38. The largest absolute Gasteiger partial charge is 0.458 e. The van der Waals surface area contributed by atoms with Crippen LogP contribution in [0.15, 0.2) is 22.8 Å². The summed E-state index contributed by atoms with van der Waals surface area (Å²) in [6.07, 6.45) is 0.840. The van der Waals surface area contributed by atoms with Crippen LogP contribution in [0.2, 0.25) is 0 Å². The Bertz CT molecular complexity index is 391. The topological polar surface area (TPSA) is 77.8 Å². The highest BCUT2D eigenvalue weighted by Gasteiger charge is 2.16. The zero-order valence-corrected chi connectivity index (χ0v) is 10.7. The number of amides is 1. The third-order valence-electron chi connectivity index (χ3n) is 1.73. The summed E-state index contributed by atoms with van der Waals surface area (Å²) in [6, 6.07) is 3.10. The van der Waals surface area contributed by atoms with Crippen molar-refractivity contribution in [1.29, 1.82) is 0 Å². The molecule has 1 amide bonds. The number of alkyl carbamates (subject to hydrolysis) is 1. The minimum atomic E-state index is -0.564. The van der Waals surface area contributed by atoms with Crippen LogP contribution in [0, 0.1) is 0 Å². The lowest BCUT2D eigenvalue weighted by Gasteiger charge is -2.19. The monoisotopic (exact) mass is 255 g/mol. The van der Waals surface area contributed by atoms with Gasteiger partial charge < -0.3 is 19.2 Å². The molecule has 18 heavy (non-hydrogen) atoms. The van der Waals surface area contributed by atoms with Gasteiger partial charge in [0.05, 0.1) is 12.8 Å². The normalized spacial score (nSPS) is 10.8. The molecule has 1 aromatic heterocycles. The predicted molar refractivity (Wildman–Crippen MR) is 63.2 cm³/mol. The fourth-order valence-corrected chi connectivity index (χ4v) is 1.08. The summed E-state index contributed by atoms with van der Waals surface area (Å²) in [5.74, 6) is -0.432. The fraction of sp³-hybridized carbons (Fsp3) is 0.500. The molecule has 0 saturated heterocycles. The Kier molecular flexibility index (Phi) is 4.76. The minimum absolute atomic E-state index is 0.0543. The first-order valence-electron chi connectivity index (χ1n) is 5.56. The van der Waals surface area contributed by atoms with Crippen molar-refractivity contribution in [3.8, 4) is 0 Å². The summed E-state index contributed by atoms with van der Waals surface area (Å²) in [5, 5.41) is 2.47. The first-order valence-corrected chi connectivity index (χ1v) is 5.56. The number of furan rings is 1. The van der Waals surface area contributed by atoms with E-state index >= 15 is 0 Å². The van der Waals surface area contributed by atoms with Gasteiger partial charge in [-0.2, -0.15) is 0 Å². The summed E-state index contributed by atoms with van der Waals surface area (Å²) < 4.78 is 14.7. The summed E-state index contributed by atoms with van der Waals surface area (Å²) in [6.45, 7) is 5.54. The molecule has 100 valence electrons. The zero-order chi connectivity index (χ0) is 13.6. The molecule has 1 N–H and O–H groups in total. The Hall–Kier alpha value is -1.98. The van der Waals surface area contributed by atoms with Gasteiger partial charge in [-0.15, -0.1) is 0 Å². The number of carbonyl (C=O) groups is 2. The average Bonchev–Trinajstić information content (AvgIpc) is 2.74. The summed E-state index contributed by atoms with van der Waals surface area (Å²) >= 11 is 0. The third-order valence-corrected chi connectivity index (χ3v) is 1.73. The smallest absolute Gasteiger partial charge is 0.407 e. The van der Waals surface area contributed by atoms with Crippen LogP contribution in [0.3, 0.4) is 0 Å². The lowest BCUT2D eigenvalue weighted by atomic mass is 10.2. The SMILES string of the molecule is CC(C)(C)OC(=O)NCCOC(=O)c1ccco1. The minimum Gasteiger partial charge on any atom is -0.458 e. The van der Waals surface area contributed by atoms with Crippen molar-refractivity contribution < 1.29 is 23.5 Å². The number of nitrogens with one attached hydrogen (secondary N) is 1. The summed E-state index contributed by atoms with van der Waals surface area (Å²) in [4.78, 5) is 22.6. The van der Waals surface area contributed by atoms with Gasteiger partial charge in [0, 0.05) is 0 Å². The van der Waals surface area contributed by atoms with Crippen LogP contribution in [-0.4, -0.2) is 30.8 Å². The number of rotatable bonds is 4. The molecule has 6 nitrogen and oxygen atoms in total. The number of esters is 1. The van der Waals surface area contributed by atoms with Crippen LogP contribution < -0.4 is 5.32 Å². The maximum absolute atomic E-state index is 11.3. The highest BCUT2D eigenvalue weighted by molar-refractivity contribution is 5.86. The first kappa shape index (κ1) is 14.1. The van der Waals surface area contributed by atoms with Crippen LogP contribution in [0.1, 0.15) is 31.3 Å². The molecule has 0 aliphatic heterocycles. The molecule has 1 heterocycles. The highest BCUT2D eigenvalue weighted by Crippen LogP contribution is 2.06. The Morgan fingerprint density at radius 1 is 1.39 bits per heavy atom.